The van der Waals surface area contributed by atoms with Crippen LogP contribution in [0.5, 0.6) is 5.75 Å². The summed E-state index contributed by atoms with van der Waals surface area (Å²) in [5.74, 6) is 0.602. The van der Waals surface area contributed by atoms with E-state index >= 15 is 0 Å². The fraction of sp³-hybridized carbons (Fsp3) is 0.214. The minimum atomic E-state index is -0.136. The summed E-state index contributed by atoms with van der Waals surface area (Å²) < 4.78 is 7.14. The smallest absolute Gasteiger partial charge is 0.272 e. The molecular formula is C14H17N3O2. The van der Waals surface area contributed by atoms with Crippen LogP contribution in [0.2, 0.25) is 0 Å². The van der Waals surface area contributed by atoms with Gasteiger partial charge in [-0.2, -0.15) is 0 Å². The maximum atomic E-state index is 12.0. The lowest BCUT2D eigenvalue weighted by atomic mass is 10.3. The number of amides is 1. The highest BCUT2D eigenvalue weighted by atomic mass is 16.5. The van der Waals surface area contributed by atoms with Gasteiger partial charge in [0.25, 0.3) is 5.91 Å². The molecule has 0 bridgehead atoms. The zero-order chi connectivity index (χ0) is 13.7. The van der Waals surface area contributed by atoms with Crippen LogP contribution in [0, 0.1) is 0 Å². The number of nitrogens with zero attached hydrogens (tertiary/aromatic N) is 1. The van der Waals surface area contributed by atoms with Gasteiger partial charge in [0.1, 0.15) is 18.1 Å². The summed E-state index contributed by atoms with van der Waals surface area (Å²) in [5, 5.41) is 2.83. The molecule has 0 saturated carbocycles. The van der Waals surface area contributed by atoms with Crippen LogP contribution in [0.1, 0.15) is 10.5 Å². The number of anilines is 1. The number of nitrogens with two attached hydrogens (primary N) is 1. The van der Waals surface area contributed by atoms with Crippen LogP contribution in [0.4, 0.5) is 5.69 Å². The number of aromatic nitrogens is 1. The van der Waals surface area contributed by atoms with Gasteiger partial charge in [-0.05, 0) is 36.4 Å². The van der Waals surface area contributed by atoms with Crippen molar-refractivity contribution in [1.82, 2.24) is 4.57 Å². The van der Waals surface area contributed by atoms with E-state index in [0.29, 0.717) is 18.8 Å². The lowest BCUT2D eigenvalue weighted by Gasteiger charge is -2.08. The molecular weight excluding hydrogens is 242 g/mol. The number of benzene rings is 1. The highest BCUT2D eigenvalue weighted by molar-refractivity contribution is 6.03. The Kier molecular flexibility index (Phi) is 4.20. The number of aryl methyl sites for hydroxylation is 1. The molecule has 0 fully saturated rings. The number of carbonyl (C=O) groups excluding carboxylic acids is 1. The van der Waals surface area contributed by atoms with E-state index in [0.717, 1.165) is 11.4 Å². The van der Waals surface area contributed by atoms with Crippen molar-refractivity contribution in [2.45, 2.75) is 0 Å². The summed E-state index contributed by atoms with van der Waals surface area (Å²) in [4.78, 5) is 12.0. The third-order valence-electron chi connectivity index (χ3n) is 2.68. The first-order chi connectivity index (χ1) is 9.20. The van der Waals surface area contributed by atoms with E-state index in [2.05, 4.69) is 5.32 Å². The summed E-state index contributed by atoms with van der Waals surface area (Å²) in [6, 6.07) is 10.8. The second kappa shape index (κ2) is 6.06. The lowest BCUT2D eigenvalue weighted by Crippen LogP contribution is -2.15. The number of hydrogen-bond donors (Lipinski definition) is 2. The van der Waals surface area contributed by atoms with Crippen LogP contribution in [-0.2, 0) is 7.05 Å². The molecule has 2 aromatic rings. The Morgan fingerprint density at radius 1 is 1.32 bits per heavy atom. The molecule has 19 heavy (non-hydrogen) atoms. The van der Waals surface area contributed by atoms with Crippen molar-refractivity contribution in [3.63, 3.8) is 0 Å². The maximum Gasteiger partial charge on any atom is 0.272 e. The van der Waals surface area contributed by atoms with Crippen molar-refractivity contribution < 1.29 is 9.53 Å². The minimum Gasteiger partial charge on any atom is -0.492 e. The van der Waals surface area contributed by atoms with Crippen LogP contribution in [0.25, 0.3) is 0 Å². The molecule has 0 spiro atoms. The summed E-state index contributed by atoms with van der Waals surface area (Å²) in [5.41, 5.74) is 6.70. The third-order valence-corrected chi connectivity index (χ3v) is 2.68. The maximum absolute atomic E-state index is 12.0. The first kappa shape index (κ1) is 13.2. The molecule has 0 aliphatic carbocycles. The van der Waals surface area contributed by atoms with Gasteiger partial charge in [0.15, 0.2) is 0 Å². The van der Waals surface area contributed by atoms with Crippen molar-refractivity contribution in [3.05, 3.63) is 48.3 Å². The molecule has 1 amide bonds. The summed E-state index contributed by atoms with van der Waals surface area (Å²) in [6.45, 7) is 0.959. The molecule has 1 heterocycles. The molecule has 2 rings (SSSR count). The monoisotopic (exact) mass is 259 g/mol. The SMILES string of the molecule is Cn1cccc1C(=O)Nc1ccc(OCCN)cc1. The van der Waals surface area contributed by atoms with Gasteiger partial charge in [0.2, 0.25) is 0 Å². The second-order valence-electron chi connectivity index (χ2n) is 4.12. The molecule has 3 N–H and O–H groups in total. The zero-order valence-corrected chi connectivity index (χ0v) is 10.8. The number of ether oxygens (including phenoxy) is 1. The average Bonchev–Trinajstić information content (AvgIpc) is 2.84. The van der Waals surface area contributed by atoms with E-state index < -0.39 is 0 Å². The largest absolute Gasteiger partial charge is 0.492 e. The van der Waals surface area contributed by atoms with Gasteiger partial charge in [-0.15, -0.1) is 0 Å². The molecule has 0 aliphatic heterocycles. The Morgan fingerprint density at radius 3 is 2.63 bits per heavy atom. The average molecular weight is 259 g/mol. The van der Waals surface area contributed by atoms with E-state index in [9.17, 15) is 4.79 Å². The van der Waals surface area contributed by atoms with Crippen molar-refractivity contribution in [3.8, 4) is 5.75 Å². The van der Waals surface area contributed by atoms with Gasteiger partial charge in [-0.3, -0.25) is 4.79 Å². The van der Waals surface area contributed by atoms with E-state index in [-0.39, 0.29) is 5.91 Å². The van der Waals surface area contributed by atoms with Crippen molar-refractivity contribution in [2.24, 2.45) is 12.8 Å². The molecule has 5 nitrogen and oxygen atoms in total. The lowest BCUT2D eigenvalue weighted by molar-refractivity contribution is 0.101. The van der Waals surface area contributed by atoms with E-state index in [1.54, 1.807) is 34.9 Å². The Morgan fingerprint density at radius 2 is 2.05 bits per heavy atom. The van der Waals surface area contributed by atoms with Gasteiger partial charge in [-0.25, -0.2) is 0 Å². The Hall–Kier alpha value is -2.27. The number of hydrogen-bond acceptors (Lipinski definition) is 3. The molecule has 0 unspecified atom stereocenters. The predicted molar refractivity (Wildman–Crippen MR) is 74.4 cm³/mol. The van der Waals surface area contributed by atoms with Gasteiger partial charge in [0, 0.05) is 25.5 Å². The van der Waals surface area contributed by atoms with E-state index in [1.165, 1.54) is 0 Å². The van der Waals surface area contributed by atoms with E-state index in [1.807, 2.05) is 19.3 Å². The minimum absolute atomic E-state index is 0.136. The molecule has 0 aliphatic rings. The fourth-order valence-corrected chi connectivity index (χ4v) is 1.70. The van der Waals surface area contributed by atoms with Crippen LogP contribution < -0.4 is 15.8 Å². The highest BCUT2D eigenvalue weighted by Gasteiger charge is 2.08. The van der Waals surface area contributed by atoms with Gasteiger partial charge in [-0.1, -0.05) is 0 Å². The molecule has 1 aromatic carbocycles. The fourth-order valence-electron chi connectivity index (χ4n) is 1.70. The zero-order valence-electron chi connectivity index (χ0n) is 10.8. The first-order valence-electron chi connectivity index (χ1n) is 6.06. The predicted octanol–water partition coefficient (Wildman–Crippen LogP) is 1.61. The van der Waals surface area contributed by atoms with Crippen LogP contribution >= 0.6 is 0 Å². The van der Waals surface area contributed by atoms with Crippen LogP contribution in [-0.4, -0.2) is 23.6 Å². The Balaban J connectivity index is 2.00. The van der Waals surface area contributed by atoms with Crippen molar-refractivity contribution in [1.29, 1.82) is 0 Å². The van der Waals surface area contributed by atoms with Crippen LogP contribution in [0.3, 0.4) is 0 Å². The molecule has 0 saturated heterocycles. The molecule has 0 atom stereocenters. The quantitative estimate of drug-likeness (QED) is 0.857. The van der Waals surface area contributed by atoms with Crippen molar-refractivity contribution >= 4 is 11.6 Å². The Bertz CT molecular complexity index is 546. The molecule has 5 heteroatoms. The van der Waals surface area contributed by atoms with E-state index in [4.69, 9.17) is 10.5 Å². The normalized spacial score (nSPS) is 10.2. The highest BCUT2D eigenvalue weighted by Crippen LogP contribution is 2.16. The number of carbonyl (C=O) groups is 1. The molecule has 0 radical (unpaired) electrons. The van der Waals surface area contributed by atoms with Gasteiger partial charge >= 0.3 is 0 Å². The standard InChI is InChI=1S/C14H17N3O2/c1-17-9-2-3-13(17)14(18)16-11-4-6-12(7-5-11)19-10-8-15/h2-7,9H,8,10,15H2,1H3,(H,16,18). The number of nitrogens with one attached hydrogen (secondary N) is 1. The topological polar surface area (TPSA) is 69.3 Å². The Labute approximate surface area is 112 Å². The summed E-state index contributed by atoms with van der Waals surface area (Å²) in [7, 11) is 1.83. The van der Waals surface area contributed by atoms with Gasteiger partial charge in [0.05, 0.1) is 0 Å². The van der Waals surface area contributed by atoms with Crippen LogP contribution in [0.15, 0.2) is 42.6 Å². The first-order valence-corrected chi connectivity index (χ1v) is 6.06. The molecule has 100 valence electrons. The third kappa shape index (κ3) is 3.35. The summed E-state index contributed by atoms with van der Waals surface area (Å²) >= 11 is 0. The van der Waals surface area contributed by atoms with Crippen molar-refractivity contribution in [2.75, 3.05) is 18.5 Å². The number of rotatable bonds is 5. The molecule has 1 aromatic heterocycles. The van der Waals surface area contributed by atoms with Gasteiger partial charge < -0.3 is 20.4 Å². The second-order valence-corrected chi connectivity index (χ2v) is 4.12. The summed E-state index contributed by atoms with van der Waals surface area (Å²) in [6.07, 6.45) is 1.83.